The Morgan fingerprint density at radius 1 is 1.00 bits per heavy atom. The van der Waals surface area contributed by atoms with E-state index in [1.807, 2.05) is 42.5 Å². The number of ether oxygens (including phenoxy) is 1. The van der Waals surface area contributed by atoms with Crippen LogP contribution in [0.25, 0.3) is 0 Å². The van der Waals surface area contributed by atoms with Crippen LogP contribution in [0.15, 0.2) is 48.7 Å². The molecule has 1 aliphatic heterocycles. The van der Waals surface area contributed by atoms with Crippen LogP contribution in [0.1, 0.15) is 6.42 Å². The molecule has 2 aromatic rings. The normalized spacial score (nSPS) is 15.6. The maximum Gasteiger partial charge on any atom is 0.128 e. The second kappa shape index (κ2) is 8.18. The molecule has 0 spiro atoms. The monoisotopic (exact) mass is 331 g/mol. The van der Waals surface area contributed by atoms with Gasteiger partial charge in [-0.05, 0) is 30.7 Å². The van der Waals surface area contributed by atoms with Gasteiger partial charge in [-0.1, -0.05) is 29.8 Å². The summed E-state index contributed by atoms with van der Waals surface area (Å²) in [6.07, 6.45) is 2.76. The van der Waals surface area contributed by atoms with Crippen molar-refractivity contribution in [2.24, 2.45) is 0 Å². The molecule has 1 fully saturated rings. The predicted octanol–water partition coefficient (Wildman–Crippen LogP) is 3.33. The van der Waals surface area contributed by atoms with Gasteiger partial charge in [0.15, 0.2) is 0 Å². The maximum absolute atomic E-state index is 5.89. The Labute approximate surface area is 142 Å². The summed E-state index contributed by atoms with van der Waals surface area (Å²) in [7, 11) is 0. The molecule has 4 nitrogen and oxygen atoms in total. The van der Waals surface area contributed by atoms with Crippen LogP contribution in [0.4, 0.5) is 5.82 Å². The molecular weight excluding hydrogens is 310 g/mol. The summed E-state index contributed by atoms with van der Waals surface area (Å²) in [5, 5.41) is 0.686. The van der Waals surface area contributed by atoms with Crippen molar-refractivity contribution in [2.75, 3.05) is 44.2 Å². The summed E-state index contributed by atoms with van der Waals surface area (Å²) in [4.78, 5) is 9.19. The van der Waals surface area contributed by atoms with Gasteiger partial charge in [-0.25, -0.2) is 4.98 Å². The first-order chi connectivity index (χ1) is 11.3. The number of hydrogen-bond donors (Lipinski definition) is 0. The summed E-state index contributed by atoms with van der Waals surface area (Å²) in [5.74, 6) is 1.97. The van der Waals surface area contributed by atoms with E-state index in [0.29, 0.717) is 5.02 Å². The quantitative estimate of drug-likeness (QED) is 0.759. The summed E-state index contributed by atoms with van der Waals surface area (Å²) in [5.41, 5.74) is 0. The molecule has 1 saturated heterocycles. The number of aromatic nitrogens is 1. The molecular formula is C18H22ClN3O. The number of nitrogens with zero attached hydrogens (tertiary/aromatic N) is 3. The van der Waals surface area contributed by atoms with Gasteiger partial charge in [0.1, 0.15) is 11.6 Å². The maximum atomic E-state index is 5.89. The fraction of sp³-hybridized carbons (Fsp3) is 0.389. The van der Waals surface area contributed by atoms with Crippen molar-refractivity contribution in [3.63, 3.8) is 0 Å². The highest BCUT2D eigenvalue weighted by Crippen LogP contribution is 2.16. The molecule has 0 unspecified atom stereocenters. The Bertz CT molecular complexity index is 583. The second-order valence-electron chi connectivity index (χ2n) is 5.68. The zero-order valence-electron chi connectivity index (χ0n) is 13.2. The fourth-order valence-electron chi connectivity index (χ4n) is 2.75. The topological polar surface area (TPSA) is 28.6 Å². The van der Waals surface area contributed by atoms with E-state index in [2.05, 4.69) is 14.8 Å². The minimum atomic E-state index is 0.686. The SMILES string of the molecule is Clc1ccc(N2CCN(CCCOc3ccccc3)CC2)nc1. The molecule has 5 heteroatoms. The van der Waals surface area contributed by atoms with E-state index < -0.39 is 0 Å². The lowest BCUT2D eigenvalue weighted by atomic mass is 10.3. The van der Waals surface area contributed by atoms with Crippen molar-refractivity contribution in [3.05, 3.63) is 53.7 Å². The van der Waals surface area contributed by atoms with Crippen molar-refractivity contribution in [3.8, 4) is 5.75 Å². The third-order valence-electron chi connectivity index (χ3n) is 4.04. The molecule has 0 N–H and O–H groups in total. The van der Waals surface area contributed by atoms with Gasteiger partial charge in [-0.15, -0.1) is 0 Å². The highest BCUT2D eigenvalue weighted by molar-refractivity contribution is 6.30. The van der Waals surface area contributed by atoms with Crippen molar-refractivity contribution in [1.29, 1.82) is 0 Å². The number of piperazine rings is 1. The number of para-hydroxylation sites is 1. The van der Waals surface area contributed by atoms with E-state index in [1.54, 1.807) is 6.20 Å². The Morgan fingerprint density at radius 3 is 2.48 bits per heavy atom. The van der Waals surface area contributed by atoms with Gasteiger partial charge in [0.2, 0.25) is 0 Å². The minimum absolute atomic E-state index is 0.686. The zero-order chi connectivity index (χ0) is 15.9. The first kappa shape index (κ1) is 16.1. The number of pyridine rings is 1. The Morgan fingerprint density at radius 2 is 1.78 bits per heavy atom. The van der Waals surface area contributed by atoms with Crippen molar-refractivity contribution < 1.29 is 4.74 Å². The first-order valence-electron chi connectivity index (χ1n) is 8.08. The fourth-order valence-corrected chi connectivity index (χ4v) is 2.86. The van der Waals surface area contributed by atoms with Gasteiger partial charge in [0.25, 0.3) is 0 Å². The highest BCUT2D eigenvalue weighted by Gasteiger charge is 2.17. The lowest BCUT2D eigenvalue weighted by molar-refractivity contribution is 0.224. The van der Waals surface area contributed by atoms with Crippen LogP contribution in [0.3, 0.4) is 0 Å². The highest BCUT2D eigenvalue weighted by atomic mass is 35.5. The van der Waals surface area contributed by atoms with Crippen LogP contribution in [0.2, 0.25) is 5.02 Å². The van der Waals surface area contributed by atoms with E-state index in [0.717, 1.165) is 57.3 Å². The average molecular weight is 332 g/mol. The molecule has 0 aliphatic carbocycles. The van der Waals surface area contributed by atoms with Crippen molar-refractivity contribution in [1.82, 2.24) is 9.88 Å². The lowest BCUT2D eigenvalue weighted by Gasteiger charge is -2.35. The standard InChI is InChI=1S/C18H22ClN3O/c19-16-7-8-18(20-15-16)22-12-10-21(11-13-22)9-4-14-23-17-5-2-1-3-6-17/h1-3,5-8,15H,4,9-14H2. The first-order valence-corrected chi connectivity index (χ1v) is 8.46. The van der Waals surface area contributed by atoms with Crippen molar-refractivity contribution >= 4 is 17.4 Å². The molecule has 23 heavy (non-hydrogen) atoms. The van der Waals surface area contributed by atoms with Crippen molar-refractivity contribution in [2.45, 2.75) is 6.42 Å². The predicted molar refractivity (Wildman–Crippen MR) is 94.5 cm³/mol. The van der Waals surface area contributed by atoms with Crippen LogP contribution in [0.5, 0.6) is 5.75 Å². The number of hydrogen-bond acceptors (Lipinski definition) is 4. The molecule has 2 heterocycles. The zero-order valence-corrected chi connectivity index (χ0v) is 14.0. The smallest absolute Gasteiger partial charge is 0.128 e. The molecule has 0 amide bonds. The summed E-state index contributed by atoms with van der Waals surface area (Å²) in [6, 6.07) is 13.9. The Kier molecular flexibility index (Phi) is 5.72. The molecule has 1 aromatic heterocycles. The third kappa shape index (κ3) is 4.85. The third-order valence-corrected chi connectivity index (χ3v) is 4.26. The molecule has 0 radical (unpaired) electrons. The second-order valence-corrected chi connectivity index (χ2v) is 6.11. The minimum Gasteiger partial charge on any atom is -0.494 e. The van der Waals surface area contributed by atoms with Gasteiger partial charge in [-0.2, -0.15) is 0 Å². The van der Waals surface area contributed by atoms with Crippen LogP contribution in [-0.2, 0) is 0 Å². The summed E-state index contributed by atoms with van der Waals surface area (Å²) in [6.45, 7) is 5.99. The van der Waals surface area contributed by atoms with E-state index in [9.17, 15) is 0 Å². The van der Waals surface area contributed by atoms with E-state index >= 15 is 0 Å². The molecule has 122 valence electrons. The largest absolute Gasteiger partial charge is 0.494 e. The lowest BCUT2D eigenvalue weighted by Crippen LogP contribution is -2.47. The average Bonchev–Trinajstić information content (AvgIpc) is 2.61. The molecule has 0 atom stereocenters. The molecule has 0 bridgehead atoms. The number of benzene rings is 1. The van der Waals surface area contributed by atoms with Crippen LogP contribution >= 0.6 is 11.6 Å². The van der Waals surface area contributed by atoms with E-state index in [1.165, 1.54) is 0 Å². The van der Waals surface area contributed by atoms with Gasteiger partial charge < -0.3 is 9.64 Å². The van der Waals surface area contributed by atoms with Crippen LogP contribution in [0, 0.1) is 0 Å². The molecule has 3 rings (SSSR count). The Hall–Kier alpha value is -1.78. The van der Waals surface area contributed by atoms with E-state index in [-0.39, 0.29) is 0 Å². The van der Waals surface area contributed by atoms with Gasteiger partial charge in [-0.3, -0.25) is 4.90 Å². The van der Waals surface area contributed by atoms with E-state index in [4.69, 9.17) is 16.3 Å². The number of anilines is 1. The van der Waals surface area contributed by atoms with Crippen LogP contribution < -0.4 is 9.64 Å². The number of halogens is 1. The van der Waals surface area contributed by atoms with Gasteiger partial charge in [0.05, 0.1) is 11.6 Å². The number of rotatable bonds is 6. The molecule has 1 aromatic carbocycles. The van der Waals surface area contributed by atoms with Gasteiger partial charge >= 0.3 is 0 Å². The summed E-state index contributed by atoms with van der Waals surface area (Å²) >= 11 is 5.89. The Balaban J connectivity index is 1.35. The molecule has 0 saturated carbocycles. The van der Waals surface area contributed by atoms with Crippen LogP contribution in [-0.4, -0.2) is 49.2 Å². The van der Waals surface area contributed by atoms with Gasteiger partial charge in [0, 0.05) is 38.9 Å². The molecule has 1 aliphatic rings. The summed E-state index contributed by atoms with van der Waals surface area (Å²) < 4.78 is 5.74.